The summed E-state index contributed by atoms with van der Waals surface area (Å²) in [5.41, 5.74) is 3.39. The molecule has 0 fully saturated rings. The monoisotopic (exact) mass is 459 g/mol. The molecule has 0 heterocycles. The van der Waals surface area contributed by atoms with E-state index in [0.29, 0.717) is 12.1 Å². The number of aryl methyl sites for hydroxylation is 2. The maximum Gasteiger partial charge on any atom is 0.244 e. The lowest BCUT2D eigenvalue weighted by atomic mass is 10.1. The van der Waals surface area contributed by atoms with Crippen LogP contribution in [0.3, 0.4) is 0 Å². The van der Waals surface area contributed by atoms with Crippen molar-refractivity contribution in [1.82, 2.24) is 10.2 Å². The van der Waals surface area contributed by atoms with Crippen molar-refractivity contribution in [3.63, 3.8) is 0 Å². The average molecular weight is 460 g/mol. The van der Waals surface area contributed by atoms with Gasteiger partial charge in [-0.2, -0.15) is 0 Å². The summed E-state index contributed by atoms with van der Waals surface area (Å²) < 4.78 is 26.2. The minimum absolute atomic E-state index is 0.212. The molecule has 1 N–H and O–H groups in total. The molecule has 0 unspecified atom stereocenters. The molecular weight excluding hydrogens is 426 g/mol. The third-order valence-corrected chi connectivity index (χ3v) is 6.69. The zero-order valence-electron chi connectivity index (χ0n) is 19.5. The number of nitrogens with one attached hydrogen (secondary N) is 1. The molecule has 1 atom stereocenters. The molecule has 174 valence electrons. The van der Waals surface area contributed by atoms with Crippen LogP contribution in [0, 0.1) is 6.92 Å². The van der Waals surface area contributed by atoms with E-state index in [-0.39, 0.29) is 19.0 Å². The number of hydrogen-bond donors (Lipinski definition) is 1. The first kappa shape index (κ1) is 25.4. The van der Waals surface area contributed by atoms with E-state index in [0.717, 1.165) is 33.7 Å². The predicted molar refractivity (Wildman–Crippen MR) is 128 cm³/mol. The molecule has 2 aromatic rings. The third-order valence-electron chi connectivity index (χ3n) is 5.55. The Morgan fingerprint density at radius 2 is 1.66 bits per heavy atom. The highest BCUT2D eigenvalue weighted by Crippen LogP contribution is 2.21. The molecule has 2 amide bonds. The molecule has 2 aromatic carbocycles. The van der Waals surface area contributed by atoms with Gasteiger partial charge in [0.25, 0.3) is 0 Å². The fourth-order valence-electron chi connectivity index (χ4n) is 3.57. The molecule has 0 saturated carbocycles. The summed E-state index contributed by atoms with van der Waals surface area (Å²) in [4.78, 5) is 27.5. The van der Waals surface area contributed by atoms with E-state index in [9.17, 15) is 18.0 Å². The first-order valence-corrected chi connectivity index (χ1v) is 12.6. The number of sulfonamides is 1. The second-order valence-electron chi connectivity index (χ2n) is 7.78. The topological polar surface area (TPSA) is 86.8 Å². The summed E-state index contributed by atoms with van der Waals surface area (Å²) in [5.74, 6) is -0.721. The van der Waals surface area contributed by atoms with Crippen molar-refractivity contribution in [3.05, 3.63) is 65.2 Å². The van der Waals surface area contributed by atoms with Gasteiger partial charge in [0.15, 0.2) is 0 Å². The summed E-state index contributed by atoms with van der Waals surface area (Å²) in [7, 11) is -2.19. The van der Waals surface area contributed by atoms with Crippen LogP contribution in [0.25, 0.3) is 0 Å². The number of rotatable bonds is 10. The van der Waals surface area contributed by atoms with Crippen LogP contribution >= 0.6 is 0 Å². The number of amides is 2. The second kappa shape index (κ2) is 11.1. The minimum Gasteiger partial charge on any atom is -0.357 e. The normalized spacial score (nSPS) is 12.2. The van der Waals surface area contributed by atoms with E-state index >= 15 is 0 Å². The second-order valence-corrected chi connectivity index (χ2v) is 9.68. The molecule has 0 aliphatic carbocycles. The largest absolute Gasteiger partial charge is 0.357 e. The molecule has 0 spiro atoms. The highest BCUT2D eigenvalue weighted by Gasteiger charge is 2.31. The Hall–Kier alpha value is -2.87. The van der Waals surface area contributed by atoms with E-state index in [2.05, 4.69) is 5.32 Å². The van der Waals surface area contributed by atoms with E-state index in [1.165, 1.54) is 11.9 Å². The van der Waals surface area contributed by atoms with Crippen LogP contribution in [0.15, 0.2) is 48.5 Å². The molecule has 8 heteroatoms. The molecule has 0 aliphatic heterocycles. The van der Waals surface area contributed by atoms with Crippen LogP contribution in [0.5, 0.6) is 0 Å². The summed E-state index contributed by atoms with van der Waals surface area (Å²) in [6.45, 7) is 5.61. The van der Waals surface area contributed by atoms with Gasteiger partial charge in [-0.25, -0.2) is 8.42 Å². The van der Waals surface area contributed by atoms with E-state index in [1.807, 2.05) is 57.2 Å². The number of nitrogens with zero attached hydrogens (tertiary/aromatic N) is 2. The van der Waals surface area contributed by atoms with Gasteiger partial charge in [0.1, 0.15) is 12.6 Å². The number of carbonyl (C=O) groups is 2. The lowest BCUT2D eigenvalue weighted by Crippen LogP contribution is -2.51. The molecular formula is C24H33N3O4S. The van der Waals surface area contributed by atoms with Gasteiger partial charge in [0.2, 0.25) is 21.8 Å². The Morgan fingerprint density at radius 1 is 1.03 bits per heavy atom. The summed E-state index contributed by atoms with van der Waals surface area (Å²) >= 11 is 0. The summed E-state index contributed by atoms with van der Waals surface area (Å²) in [5, 5.41) is 2.61. The molecule has 32 heavy (non-hydrogen) atoms. The van der Waals surface area contributed by atoms with Crippen molar-refractivity contribution < 1.29 is 18.0 Å². The Balaban J connectivity index is 2.42. The van der Waals surface area contributed by atoms with Crippen molar-refractivity contribution in [3.8, 4) is 0 Å². The van der Waals surface area contributed by atoms with Gasteiger partial charge in [0, 0.05) is 13.6 Å². The zero-order chi connectivity index (χ0) is 23.9. The standard InChI is InChI=1S/C24H33N3O4S/c1-6-19-12-14-21(15-13-19)27(32(5,30)31)17-23(28)26(22(7-2)24(29)25-4)16-20-11-9-8-10-18(20)3/h8-15,22H,6-7,16-17H2,1-5H3,(H,25,29)/t22-/m1/s1. The summed E-state index contributed by atoms with van der Waals surface area (Å²) in [6.07, 6.45) is 2.31. The van der Waals surface area contributed by atoms with E-state index < -0.39 is 22.0 Å². The van der Waals surface area contributed by atoms with Gasteiger partial charge >= 0.3 is 0 Å². The molecule has 2 rings (SSSR count). The first-order chi connectivity index (χ1) is 15.1. The molecule has 7 nitrogen and oxygen atoms in total. The van der Waals surface area contributed by atoms with Crippen molar-refractivity contribution in [2.24, 2.45) is 0 Å². The smallest absolute Gasteiger partial charge is 0.244 e. The molecule has 0 radical (unpaired) electrons. The van der Waals surface area contributed by atoms with Crippen LogP contribution in [-0.2, 0) is 32.6 Å². The minimum atomic E-state index is -3.72. The highest BCUT2D eigenvalue weighted by molar-refractivity contribution is 7.92. The van der Waals surface area contributed by atoms with Crippen LogP contribution in [-0.4, -0.2) is 51.0 Å². The number of benzene rings is 2. The van der Waals surface area contributed by atoms with Gasteiger partial charge in [-0.1, -0.05) is 50.2 Å². The van der Waals surface area contributed by atoms with Gasteiger partial charge in [-0.15, -0.1) is 0 Å². The number of likely N-dealkylation sites (N-methyl/N-ethyl adjacent to an activating group) is 1. The fourth-order valence-corrected chi connectivity index (χ4v) is 4.42. The van der Waals surface area contributed by atoms with Crippen LogP contribution in [0.1, 0.15) is 37.0 Å². The number of hydrogen-bond acceptors (Lipinski definition) is 4. The molecule has 0 bridgehead atoms. The Kier molecular flexibility index (Phi) is 8.83. The van der Waals surface area contributed by atoms with E-state index in [4.69, 9.17) is 0 Å². The molecule has 0 aliphatic rings. The highest BCUT2D eigenvalue weighted by atomic mass is 32.2. The van der Waals surface area contributed by atoms with Crippen LogP contribution < -0.4 is 9.62 Å². The maximum absolute atomic E-state index is 13.5. The van der Waals surface area contributed by atoms with Crippen molar-refractivity contribution >= 4 is 27.5 Å². The Morgan fingerprint density at radius 3 is 2.16 bits per heavy atom. The number of carbonyl (C=O) groups excluding carboxylic acids is 2. The maximum atomic E-state index is 13.5. The lowest BCUT2D eigenvalue weighted by Gasteiger charge is -2.33. The number of anilines is 1. The predicted octanol–water partition coefficient (Wildman–Crippen LogP) is 2.88. The van der Waals surface area contributed by atoms with E-state index in [1.54, 1.807) is 12.1 Å². The lowest BCUT2D eigenvalue weighted by molar-refractivity contribution is -0.140. The van der Waals surface area contributed by atoms with Gasteiger partial charge in [-0.05, 0) is 48.6 Å². The molecule has 0 saturated heterocycles. The third kappa shape index (κ3) is 6.32. The fraction of sp³-hybridized carbons (Fsp3) is 0.417. The molecule has 0 aromatic heterocycles. The quantitative estimate of drug-likeness (QED) is 0.592. The van der Waals surface area contributed by atoms with Gasteiger partial charge in [0.05, 0.1) is 11.9 Å². The Bertz CT molecular complexity index is 1040. The SMILES string of the molecule is CCc1ccc(N(CC(=O)N(Cc2ccccc2C)[C@H](CC)C(=O)NC)S(C)(=O)=O)cc1. The summed E-state index contributed by atoms with van der Waals surface area (Å²) in [6, 6.07) is 14.0. The van der Waals surface area contributed by atoms with Crippen LogP contribution in [0.2, 0.25) is 0 Å². The van der Waals surface area contributed by atoms with Crippen molar-refractivity contribution in [2.75, 3.05) is 24.2 Å². The average Bonchev–Trinajstić information content (AvgIpc) is 2.77. The zero-order valence-corrected chi connectivity index (χ0v) is 20.3. The van der Waals surface area contributed by atoms with Crippen LogP contribution in [0.4, 0.5) is 5.69 Å². The van der Waals surface area contributed by atoms with Gasteiger partial charge in [-0.3, -0.25) is 13.9 Å². The van der Waals surface area contributed by atoms with Crippen molar-refractivity contribution in [2.45, 2.75) is 46.2 Å². The van der Waals surface area contributed by atoms with Crippen molar-refractivity contribution in [1.29, 1.82) is 0 Å². The van der Waals surface area contributed by atoms with Gasteiger partial charge < -0.3 is 10.2 Å². The Labute approximate surface area is 191 Å². The first-order valence-electron chi connectivity index (χ1n) is 10.7.